The van der Waals surface area contributed by atoms with Gasteiger partial charge in [0.1, 0.15) is 0 Å². The molecule has 0 aliphatic heterocycles. The third kappa shape index (κ3) is 5.08. The van der Waals surface area contributed by atoms with Crippen LogP contribution in [0.25, 0.3) is 16.0 Å². The van der Waals surface area contributed by atoms with E-state index in [1.807, 2.05) is 36.4 Å². The molecule has 3 rings (SSSR count). The van der Waals surface area contributed by atoms with Crippen molar-refractivity contribution in [2.45, 2.75) is 19.4 Å². The number of carbonyl (C=O) groups is 1. The second-order valence-corrected chi connectivity index (χ2v) is 7.43. The number of nitriles is 1. The number of hydrogen-bond donors (Lipinski definition) is 3. The van der Waals surface area contributed by atoms with E-state index in [0.717, 1.165) is 16.7 Å². The maximum Gasteiger partial charge on any atom is 0.257 e. The van der Waals surface area contributed by atoms with Gasteiger partial charge in [-0.05, 0) is 55.3 Å². The summed E-state index contributed by atoms with van der Waals surface area (Å²) in [5.41, 5.74) is 2.99. The topological polar surface area (TPSA) is 89.5 Å². The van der Waals surface area contributed by atoms with Gasteiger partial charge in [-0.2, -0.15) is 5.26 Å². The summed E-state index contributed by atoms with van der Waals surface area (Å²) < 4.78 is 0. The van der Waals surface area contributed by atoms with Gasteiger partial charge in [-0.15, -0.1) is 0 Å². The molecular weight excluding hydrogens is 388 g/mol. The van der Waals surface area contributed by atoms with Crippen LogP contribution in [0, 0.1) is 24.8 Å². The predicted molar refractivity (Wildman–Crippen MR) is 122 cm³/mol. The molecule has 0 fully saturated rings. The summed E-state index contributed by atoms with van der Waals surface area (Å²) in [7, 11) is 0. The third-order valence-electron chi connectivity index (χ3n) is 4.93. The molecule has 0 spiro atoms. The van der Waals surface area contributed by atoms with Gasteiger partial charge >= 0.3 is 0 Å². The highest BCUT2D eigenvalue weighted by Crippen LogP contribution is 2.27. The van der Waals surface area contributed by atoms with Crippen molar-refractivity contribution in [2.75, 3.05) is 17.2 Å². The van der Waals surface area contributed by atoms with Gasteiger partial charge in [0.25, 0.3) is 5.91 Å². The molecule has 1 amide bonds. The monoisotopic (exact) mass is 410 g/mol. The van der Waals surface area contributed by atoms with Gasteiger partial charge < -0.3 is 15.7 Å². The van der Waals surface area contributed by atoms with Crippen molar-refractivity contribution in [3.63, 3.8) is 0 Å². The van der Waals surface area contributed by atoms with Gasteiger partial charge in [-0.3, -0.25) is 4.79 Å². The minimum Gasteiger partial charge on any atom is -0.382 e. The van der Waals surface area contributed by atoms with E-state index in [2.05, 4.69) is 21.5 Å². The number of benzene rings is 3. The fourth-order valence-electron chi connectivity index (χ4n) is 3.09. The zero-order valence-electron chi connectivity index (χ0n) is 17.3. The Balaban J connectivity index is 1.72. The smallest absolute Gasteiger partial charge is 0.257 e. The highest BCUT2D eigenvalue weighted by atomic mass is 16.3. The molecule has 6 heteroatoms. The minimum atomic E-state index is -1.69. The molecule has 0 aliphatic carbocycles. The van der Waals surface area contributed by atoms with E-state index in [1.54, 1.807) is 37.3 Å². The van der Waals surface area contributed by atoms with Crippen LogP contribution < -0.4 is 10.6 Å². The Morgan fingerprint density at radius 1 is 1.13 bits per heavy atom. The second-order valence-electron chi connectivity index (χ2n) is 7.43. The molecule has 1 atom stereocenters. The molecular formula is C25H22N4O2. The Hall–Kier alpha value is -4.13. The summed E-state index contributed by atoms with van der Waals surface area (Å²) in [6.45, 7) is 10.3. The molecule has 3 aromatic carbocycles. The lowest BCUT2D eigenvalue weighted by molar-refractivity contribution is -0.131. The molecule has 0 aliphatic rings. The molecule has 0 saturated heterocycles. The van der Waals surface area contributed by atoms with Gasteiger partial charge in [0, 0.05) is 16.9 Å². The minimum absolute atomic E-state index is 0.0297. The first-order chi connectivity index (χ1) is 14.8. The van der Waals surface area contributed by atoms with Crippen LogP contribution >= 0.6 is 0 Å². The maximum absolute atomic E-state index is 12.6. The lowest BCUT2D eigenvalue weighted by Gasteiger charge is -2.24. The second kappa shape index (κ2) is 9.13. The van der Waals surface area contributed by atoms with E-state index in [0.29, 0.717) is 22.6 Å². The van der Waals surface area contributed by atoms with E-state index < -0.39 is 11.5 Å². The summed E-state index contributed by atoms with van der Waals surface area (Å²) in [6, 6.07) is 22.0. The molecule has 154 valence electrons. The predicted octanol–water partition coefficient (Wildman–Crippen LogP) is 4.89. The number of amides is 1. The Labute approximate surface area is 181 Å². The summed E-state index contributed by atoms with van der Waals surface area (Å²) in [5, 5.41) is 25.9. The van der Waals surface area contributed by atoms with Crippen LogP contribution in [0.15, 0.2) is 66.7 Å². The van der Waals surface area contributed by atoms with Crippen molar-refractivity contribution in [3.8, 4) is 17.2 Å². The van der Waals surface area contributed by atoms with Gasteiger partial charge in [-0.25, -0.2) is 4.85 Å². The standard InChI is InChI=1S/C25H22N4O2/c1-17-13-21(11-12-23(17)27-3)29-24(30)25(2,31)16-28-20-10-9-19(15-26)22(14-20)18-7-5-4-6-8-18/h4-14,28,31H,16H2,1-2H3,(H,29,30)/t25-/m0/s1. The lowest BCUT2D eigenvalue weighted by atomic mass is 9.99. The number of rotatable bonds is 6. The summed E-state index contributed by atoms with van der Waals surface area (Å²) in [6.07, 6.45) is 0. The van der Waals surface area contributed by atoms with Crippen LogP contribution in [0.2, 0.25) is 0 Å². The Morgan fingerprint density at radius 3 is 2.48 bits per heavy atom. The van der Waals surface area contributed by atoms with E-state index in [1.165, 1.54) is 6.92 Å². The van der Waals surface area contributed by atoms with Crippen LogP contribution in [0.5, 0.6) is 0 Å². The third-order valence-corrected chi connectivity index (χ3v) is 4.93. The summed E-state index contributed by atoms with van der Waals surface area (Å²) in [5.74, 6) is -0.563. The molecule has 0 aromatic heterocycles. The van der Waals surface area contributed by atoms with E-state index >= 15 is 0 Å². The molecule has 31 heavy (non-hydrogen) atoms. The van der Waals surface area contributed by atoms with E-state index in [4.69, 9.17) is 6.57 Å². The van der Waals surface area contributed by atoms with Crippen LogP contribution in [0.3, 0.4) is 0 Å². The van der Waals surface area contributed by atoms with Crippen molar-refractivity contribution >= 4 is 23.0 Å². The Kier molecular flexibility index (Phi) is 6.35. The average Bonchev–Trinajstić information content (AvgIpc) is 2.78. The number of nitrogens with one attached hydrogen (secondary N) is 2. The van der Waals surface area contributed by atoms with Crippen molar-refractivity contribution in [1.82, 2.24) is 0 Å². The summed E-state index contributed by atoms with van der Waals surface area (Å²) >= 11 is 0. The van der Waals surface area contributed by atoms with Crippen molar-refractivity contribution in [2.24, 2.45) is 0 Å². The van der Waals surface area contributed by atoms with Gasteiger partial charge in [0.2, 0.25) is 0 Å². The molecule has 0 bridgehead atoms. The number of nitrogens with zero attached hydrogens (tertiary/aromatic N) is 2. The largest absolute Gasteiger partial charge is 0.382 e. The molecule has 0 unspecified atom stereocenters. The molecule has 3 N–H and O–H groups in total. The Morgan fingerprint density at radius 2 is 1.84 bits per heavy atom. The fourth-order valence-corrected chi connectivity index (χ4v) is 3.09. The molecule has 6 nitrogen and oxygen atoms in total. The highest BCUT2D eigenvalue weighted by Gasteiger charge is 2.30. The molecule has 0 radical (unpaired) electrons. The SMILES string of the molecule is [C-]#[N+]c1ccc(NC(=O)[C@@](C)(O)CNc2ccc(C#N)c(-c3ccccc3)c2)cc1C. The van der Waals surface area contributed by atoms with Crippen LogP contribution in [-0.2, 0) is 4.79 Å². The summed E-state index contributed by atoms with van der Waals surface area (Å²) in [4.78, 5) is 16.0. The molecule has 3 aromatic rings. The first kappa shape index (κ1) is 21.6. The zero-order valence-corrected chi connectivity index (χ0v) is 17.3. The molecule has 0 saturated carbocycles. The average molecular weight is 410 g/mol. The lowest BCUT2D eigenvalue weighted by Crippen LogP contribution is -2.45. The number of carbonyl (C=O) groups excluding carboxylic acids is 1. The molecule has 0 heterocycles. The number of hydrogen-bond acceptors (Lipinski definition) is 4. The highest BCUT2D eigenvalue weighted by molar-refractivity contribution is 5.97. The van der Waals surface area contributed by atoms with Gasteiger partial charge in [-0.1, -0.05) is 36.4 Å². The van der Waals surface area contributed by atoms with E-state index in [-0.39, 0.29) is 6.54 Å². The number of aryl methyl sites for hydroxylation is 1. The fraction of sp³-hybridized carbons (Fsp3) is 0.160. The van der Waals surface area contributed by atoms with Gasteiger partial charge in [0.05, 0.1) is 24.7 Å². The Bertz CT molecular complexity index is 1190. The maximum atomic E-state index is 12.6. The van der Waals surface area contributed by atoms with Crippen molar-refractivity contribution < 1.29 is 9.90 Å². The van der Waals surface area contributed by atoms with Crippen LogP contribution in [0.1, 0.15) is 18.1 Å². The number of anilines is 2. The van der Waals surface area contributed by atoms with Crippen LogP contribution in [-0.4, -0.2) is 23.2 Å². The van der Waals surface area contributed by atoms with Crippen molar-refractivity contribution in [3.05, 3.63) is 89.3 Å². The van der Waals surface area contributed by atoms with Crippen LogP contribution in [0.4, 0.5) is 17.1 Å². The first-order valence-electron chi connectivity index (χ1n) is 9.69. The van der Waals surface area contributed by atoms with E-state index in [9.17, 15) is 15.2 Å². The van der Waals surface area contributed by atoms with Crippen molar-refractivity contribution in [1.29, 1.82) is 5.26 Å². The zero-order chi connectivity index (χ0) is 22.4. The number of aliphatic hydroxyl groups is 1. The first-order valence-corrected chi connectivity index (χ1v) is 9.69. The van der Waals surface area contributed by atoms with Gasteiger partial charge in [0.15, 0.2) is 11.3 Å². The normalized spacial score (nSPS) is 12.2. The quantitative estimate of drug-likeness (QED) is 0.505.